The molecule has 0 amide bonds. The lowest BCUT2D eigenvalue weighted by Crippen LogP contribution is -1.93. The molecule has 0 saturated heterocycles. The number of benzene rings is 1. The van der Waals surface area contributed by atoms with Crippen LogP contribution in [-0.4, -0.2) is 17.2 Å². The maximum absolute atomic E-state index is 10.2. The number of nitrogens with zero attached hydrogens (tertiary/aromatic N) is 1. The van der Waals surface area contributed by atoms with E-state index in [0.717, 1.165) is 16.1 Å². The van der Waals surface area contributed by atoms with Crippen molar-refractivity contribution in [3.05, 3.63) is 51.5 Å². The minimum Gasteiger partial charge on any atom is -0.507 e. The van der Waals surface area contributed by atoms with Crippen molar-refractivity contribution >= 4 is 23.5 Å². The van der Waals surface area contributed by atoms with E-state index < -0.39 is 0 Å². The van der Waals surface area contributed by atoms with Crippen LogP contribution in [0.2, 0.25) is 0 Å². The number of aromatic nitrogens is 1. The van der Waals surface area contributed by atoms with Gasteiger partial charge in [-0.3, -0.25) is 0 Å². The molecule has 4 heteroatoms. The first-order chi connectivity index (χ1) is 10.1. The van der Waals surface area contributed by atoms with E-state index in [4.69, 9.17) is 4.74 Å². The second-order valence-corrected chi connectivity index (χ2v) is 5.84. The molecule has 0 radical (unpaired) electrons. The van der Waals surface area contributed by atoms with Gasteiger partial charge in [-0.05, 0) is 44.0 Å². The van der Waals surface area contributed by atoms with Gasteiger partial charge in [0, 0.05) is 17.1 Å². The Balaban J connectivity index is 2.29. The van der Waals surface area contributed by atoms with Gasteiger partial charge >= 0.3 is 0 Å². The van der Waals surface area contributed by atoms with Crippen molar-refractivity contribution in [3.63, 3.8) is 0 Å². The molecule has 0 saturated carbocycles. The van der Waals surface area contributed by atoms with Crippen LogP contribution in [0.3, 0.4) is 0 Å². The first kappa shape index (κ1) is 15.3. The normalized spacial score (nSPS) is 10.8. The molecule has 0 spiro atoms. The molecule has 0 atom stereocenters. The van der Waals surface area contributed by atoms with E-state index in [2.05, 4.69) is 11.1 Å². The van der Waals surface area contributed by atoms with Crippen LogP contribution in [0.15, 0.2) is 35.4 Å². The maximum Gasteiger partial charge on any atom is 0.126 e. The molecule has 1 aromatic carbocycles. The number of rotatable bonds is 5. The molecule has 2 aromatic rings. The van der Waals surface area contributed by atoms with Crippen LogP contribution < -0.4 is 4.74 Å². The molecule has 1 N–H and O–H groups in total. The minimum atomic E-state index is 0.255. The summed E-state index contributed by atoms with van der Waals surface area (Å²) in [5, 5.41) is 13.1. The van der Waals surface area contributed by atoms with Crippen LogP contribution in [0, 0.1) is 0 Å². The average molecular weight is 301 g/mol. The highest BCUT2D eigenvalue weighted by Crippen LogP contribution is 2.31. The number of phenols is 1. The Morgan fingerprint density at radius 1 is 1.33 bits per heavy atom. The summed E-state index contributed by atoms with van der Waals surface area (Å²) in [6.07, 6.45) is 8.35. The third kappa shape index (κ3) is 4.20. The third-order valence-corrected chi connectivity index (χ3v) is 3.75. The van der Waals surface area contributed by atoms with E-state index in [1.165, 1.54) is 5.57 Å². The first-order valence-corrected chi connectivity index (χ1v) is 7.59. The summed E-state index contributed by atoms with van der Waals surface area (Å²) in [6, 6.07) is 3.68. The molecule has 1 heterocycles. The van der Waals surface area contributed by atoms with Gasteiger partial charge in [-0.15, -0.1) is 11.3 Å². The lowest BCUT2D eigenvalue weighted by Gasteiger charge is -2.10. The highest BCUT2D eigenvalue weighted by Gasteiger charge is 2.09. The molecular formula is C17H19NO2S. The molecule has 0 aliphatic heterocycles. The molecule has 0 aliphatic carbocycles. The highest BCUT2D eigenvalue weighted by atomic mass is 32.1. The van der Waals surface area contributed by atoms with Gasteiger partial charge in [-0.25, -0.2) is 4.98 Å². The molecular weight excluding hydrogens is 282 g/mol. The van der Waals surface area contributed by atoms with Crippen LogP contribution in [0.1, 0.15) is 30.0 Å². The van der Waals surface area contributed by atoms with Crippen molar-refractivity contribution in [2.24, 2.45) is 0 Å². The predicted molar refractivity (Wildman–Crippen MR) is 88.8 cm³/mol. The first-order valence-electron chi connectivity index (χ1n) is 6.71. The van der Waals surface area contributed by atoms with Crippen molar-refractivity contribution in [3.8, 4) is 11.5 Å². The quantitative estimate of drug-likeness (QED) is 0.825. The molecule has 0 aliphatic rings. The van der Waals surface area contributed by atoms with Crippen molar-refractivity contribution in [2.45, 2.75) is 20.3 Å². The number of methoxy groups -OCH3 is 1. The van der Waals surface area contributed by atoms with E-state index in [1.807, 2.05) is 37.4 Å². The van der Waals surface area contributed by atoms with Gasteiger partial charge in [0.15, 0.2) is 0 Å². The number of allylic oxidation sites excluding steroid dienone is 2. The Morgan fingerprint density at radius 2 is 2.14 bits per heavy atom. The van der Waals surface area contributed by atoms with E-state index >= 15 is 0 Å². The van der Waals surface area contributed by atoms with Crippen molar-refractivity contribution < 1.29 is 9.84 Å². The fourth-order valence-corrected chi connectivity index (χ4v) is 2.45. The third-order valence-electron chi connectivity index (χ3n) is 3.01. The maximum atomic E-state index is 10.2. The number of ether oxygens (including phenoxy) is 1. The predicted octanol–water partition coefficient (Wildman–Crippen LogP) is 4.54. The highest BCUT2D eigenvalue weighted by molar-refractivity contribution is 7.10. The number of hydrogen-bond acceptors (Lipinski definition) is 4. The van der Waals surface area contributed by atoms with Crippen LogP contribution >= 0.6 is 11.3 Å². The minimum absolute atomic E-state index is 0.255. The summed E-state index contributed by atoms with van der Waals surface area (Å²) in [7, 11) is 1.62. The van der Waals surface area contributed by atoms with Gasteiger partial charge < -0.3 is 9.84 Å². The summed E-state index contributed by atoms with van der Waals surface area (Å²) in [6.45, 7) is 4.07. The lowest BCUT2D eigenvalue weighted by molar-refractivity contribution is 0.401. The number of hydrogen-bond donors (Lipinski definition) is 1. The molecule has 0 unspecified atom stereocenters. The van der Waals surface area contributed by atoms with Crippen LogP contribution in [0.5, 0.6) is 11.5 Å². The lowest BCUT2D eigenvalue weighted by atomic mass is 10.0. The average Bonchev–Trinajstić information content (AvgIpc) is 2.96. The van der Waals surface area contributed by atoms with E-state index in [9.17, 15) is 5.11 Å². The van der Waals surface area contributed by atoms with Crippen LogP contribution in [-0.2, 0) is 6.42 Å². The van der Waals surface area contributed by atoms with Gasteiger partial charge in [0.2, 0.25) is 0 Å². The van der Waals surface area contributed by atoms with Gasteiger partial charge in [-0.2, -0.15) is 0 Å². The monoisotopic (exact) mass is 301 g/mol. The fraction of sp³-hybridized carbons (Fsp3) is 0.235. The van der Waals surface area contributed by atoms with Crippen LogP contribution in [0.25, 0.3) is 12.2 Å². The molecule has 110 valence electrons. The van der Waals surface area contributed by atoms with Gasteiger partial charge in [0.1, 0.15) is 16.5 Å². The molecule has 3 nitrogen and oxygen atoms in total. The Morgan fingerprint density at radius 3 is 2.76 bits per heavy atom. The Kier molecular flexibility index (Phi) is 5.17. The van der Waals surface area contributed by atoms with Gasteiger partial charge in [0.25, 0.3) is 0 Å². The fourth-order valence-electron chi connectivity index (χ4n) is 1.93. The Bertz CT molecular complexity index is 654. The summed E-state index contributed by atoms with van der Waals surface area (Å²) in [5.41, 5.74) is 2.91. The summed E-state index contributed by atoms with van der Waals surface area (Å²) in [4.78, 5) is 4.19. The summed E-state index contributed by atoms with van der Waals surface area (Å²) in [5.74, 6) is 0.955. The van der Waals surface area contributed by atoms with E-state index in [1.54, 1.807) is 30.7 Å². The summed E-state index contributed by atoms with van der Waals surface area (Å²) < 4.78 is 5.40. The number of phenolic OH excluding ortho intramolecular Hbond substituents is 1. The van der Waals surface area contributed by atoms with Crippen LogP contribution in [0.4, 0.5) is 0 Å². The van der Waals surface area contributed by atoms with Gasteiger partial charge in [0.05, 0.1) is 7.11 Å². The second kappa shape index (κ2) is 7.09. The molecule has 0 bridgehead atoms. The van der Waals surface area contributed by atoms with E-state index in [-0.39, 0.29) is 5.75 Å². The topological polar surface area (TPSA) is 42.4 Å². The molecule has 1 aromatic heterocycles. The number of thiazole rings is 1. The van der Waals surface area contributed by atoms with E-state index in [0.29, 0.717) is 12.2 Å². The molecule has 0 fully saturated rings. The SMILES string of the molecule is COc1cc(/C=C/c2nccs2)cc(O)c1CC=C(C)C. The standard InChI is InChI=1S/C17H19NO2S/c1-12(2)4-6-14-15(19)10-13(11-16(14)20-3)5-7-17-18-8-9-21-17/h4-5,7-11,19H,6H2,1-3H3/b7-5+. The zero-order chi connectivity index (χ0) is 15.2. The zero-order valence-corrected chi connectivity index (χ0v) is 13.3. The Labute approximate surface area is 129 Å². The van der Waals surface area contributed by atoms with Crippen molar-refractivity contribution in [1.82, 2.24) is 4.98 Å². The second-order valence-electron chi connectivity index (χ2n) is 4.91. The number of aromatic hydroxyl groups is 1. The summed E-state index contributed by atoms with van der Waals surface area (Å²) >= 11 is 1.57. The zero-order valence-electron chi connectivity index (χ0n) is 12.5. The van der Waals surface area contributed by atoms with Gasteiger partial charge in [-0.1, -0.05) is 17.7 Å². The smallest absolute Gasteiger partial charge is 0.126 e. The largest absolute Gasteiger partial charge is 0.507 e. The van der Waals surface area contributed by atoms with Crippen molar-refractivity contribution in [1.29, 1.82) is 0 Å². The molecule has 2 rings (SSSR count). The molecule has 21 heavy (non-hydrogen) atoms. The van der Waals surface area contributed by atoms with Crippen molar-refractivity contribution in [2.75, 3.05) is 7.11 Å². The Hall–Kier alpha value is -2.07.